The van der Waals surface area contributed by atoms with Gasteiger partial charge >= 0.3 is 14.2 Å². The van der Waals surface area contributed by atoms with Gasteiger partial charge in [-0.15, -0.1) is 0 Å². The number of anilines is 1. The highest BCUT2D eigenvalue weighted by molar-refractivity contribution is 6.59. The van der Waals surface area contributed by atoms with Crippen molar-refractivity contribution in [3.05, 3.63) is 118 Å². The van der Waals surface area contributed by atoms with E-state index in [4.69, 9.17) is 9.40 Å². The molecule has 4 aromatic carbocycles. The third kappa shape index (κ3) is 4.85. The lowest BCUT2D eigenvalue weighted by Gasteiger charge is -2.27. The average Bonchev–Trinajstić information content (AvgIpc) is 2.96. The van der Waals surface area contributed by atoms with Crippen molar-refractivity contribution >= 4 is 52.7 Å². The van der Waals surface area contributed by atoms with Crippen molar-refractivity contribution in [3.63, 3.8) is 0 Å². The first-order valence-corrected chi connectivity index (χ1v) is 12.8. The second-order valence-electron chi connectivity index (χ2n) is 9.63. The summed E-state index contributed by atoms with van der Waals surface area (Å²) in [6.45, 7) is 0.566. The maximum absolute atomic E-state index is 12.7. The largest absolute Gasteiger partial charge is 0.488 e. The van der Waals surface area contributed by atoms with Crippen LogP contribution in [-0.2, 0) is 13.1 Å². The summed E-state index contributed by atoms with van der Waals surface area (Å²) in [4.78, 5) is 19.5. The average molecular weight is 530 g/mol. The van der Waals surface area contributed by atoms with Crippen LogP contribution in [0.15, 0.2) is 106 Å². The van der Waals surface area contributed by atoms with Gasteiger partial charge < -0.3 is 29.4 Å². The van der Waals surface area contributed by atoms with E-state index in [9.17, 15) is 24.9 Å². The quantitative estimate of drug-likeness (QED) is 0.140. The minimum Gasteiger partial charge on any atom is -0.453 e. The Kier molecular flexibility index (Phi) is 6.83. The second kappa shape index (κ2) is 10.6. The first-order chi connectivity index (χ1) is 19.4. The SMILES string of the molecule is O=c1cc2oc3cc(N(Cc4ccccc4B(O)O)Cc4ccccc4B(O)O)ccc3nc-2c2ccccc12. The Labute approximate surface area is 230 Å². The topological polar surface area (TPSA) is 127 Å². The first-order valence-electron chi connectivity index (χ1n) is 12.8. The lowest BCUT2D eigenvalue weighted by atomic mass is 9.76. The number of hydrogen-bond donors (Lipinski definition) is 4. The van der Waals surface area contributed by atoms with Gasteiger partial charge in [0.05, 0.1) is 0 Å². The minimum atomic E-state index is -1.65. The van der Waals surface area contributed by atoms with Gasteiger partial charge in [-0.1, -0.05) is 72.8 Å². The third-order valence-corrected chi connectivity index (χ3v) is 7.09. The fourth-order valence-electron chi connectivity index (χ4n) is 5.12. The van der Waals surface area contributed by atoms with Gasteiger partial charge in [-0.2, -0.15) is 0 Å². The summed E-state index contributed by atoms with van der Waals surface area (Å²) < 4.78 is 6.20. The summed E-state index contributed by atoms with van der Waals surface area (Å²) in [6.07, 6.45) is 0. The number of benzene rings is 5. The van der Waals surface area contributed by atoms with Gasteiger partial charge in [0.1, 0.15) is 11.2 Å². The maximum Gasteiger partial charge on any atom is 0.488 e. The molecule has 196 valence electrons. The van der Waals surface area contributed by atoms with Crippen molar-refractivity contribution < 1.29 is 24.5 Å². The van der Waals surface area contributed by atoms with Crippen LogP contribution in [0.5, 0.6) is 0 Å². The molecule has 8 nitrogen and oxygen atoms in total. The predicted molar refractivity (Wildman–Crippen MR) is 157 cm³/mol. The molecule has 0 saturated carbocycles. The summed E-state index contributed by atoms with van der Waals surface area (Å²) in [5.41, 5.74) is 4.38. The number of nitrogens with zero attached hydrogens (tertiary/aromatic N) is 2. The van der Waals surface area contributed by atoms with Gasteiger partial charge in [-0.05, 0) is 34.2 Å². The standard InChI is InChI=1S/C30H24B2N2O6/c35-27-16-29-30(23-10-4-3-9-22(23)27)33-26-14-13-21(15-28(26)40-29)34(17-19-7-1-5-11-24(19)31(36)37)18-20-8-2-6-12-25(20)32(38)39/h1-16,36-39H,17-18H2. The van der Waals surface area contributed by atoms with Gasteiger partial charge in [0.15, 0.2) is 16.8 Å². The molecule has 0 radical (unpaired) electrons. The molecule has 6 rings (SSSR count). The van der Waals surface area contributed by atoms with Gasteiger partial charge in [-0.3, -0.25) is 4.79 Å². The molecule has 1 aliphatic carbocycles. The summed E-state index contributed by atoms with van der Waals surface area (Å²) in [6, 6.07) is 28.3. The zero-order chi connectivity index (χ0) is 27.8. The molecule has 0 unspecified atom stereocenters. The number of fused-ring (bicyclic) bond motifs is 4. The van der Waals surface area contributed by atoms with E-state index in [1.165, 1.54) is 6.07 Å². The molecule has 10 heteroatoms. The Hall–Kier alpha value is -4.47. The van der Waals surface area contributed by atoms with Gasteiger partial charge in [0, 0.05) is 41.7 Å². The molecule has 1 heterocycles. The first kappa shape index (κ1) is 25.8. The van der Waals surface area contributed by atoms with E-state index < -0.39 is 14.2 Å². The zero-order valence-corrected chi connectivity index (χ0v) is 21.3. The molecule has 1 aliphatic heterocycles. The lowest BCUT2D eigenvalue weighted by molar-refractivity contribution is 0.424. The normalized spacial score (nSPS) is 11.3. The van der Waals surface area contributed by atoms with E-state index >= 15 is 0 Å². The van der Waals surface area contributed by atoms with Crippen molar-refractivity contribution in [1.29, 1.82) is 0 Å². The molecule has 4 aromatic rings. The molecule has 0 spiro atoms. The van der Waals surface area contributed by atoms with Crippen LogP contribution in [0.1, 0.15) is 11.1 Å². The fraction of sp³-hybridized carbons (Fsp3) is 0.0667. The molecular formula is C30H24B2N2O6. The van der Waals surface area contributed by atoms with Gasteiger partial charge in [-0.25, -0.2) is 4.98 Å². The van der Waals surface area contributed by atoms with E-state index in [-0.39, 0.29) is 18.5 Å². The van der Waals surface area contributed by atoms with Crippen molar-refractivity contribution in [3.8, 4) is 11.5 Å². The van der Waals surface area contributed by atoms with Crippen LogP contribution in [0.2, 0.25) is 0 Å². The monoisotopic (exact) mass is 530 g/mol. The van der Waals surface area contributed by atoms with Crippen molar-refractivity contribution in [2.75, 3.05) is 4.90 Å². The maximum atomic E-state index is 12.7. The highest BCUT2D eigenvalue weighted by Gasteiger charge is 2.22. The van der Waals surface area contributed by atoms with Gasteiger partial charge in [0.2, 0.25) is 0 Å². The summed E-state index contributed by atoms with van der Waals surface area (Å²) in [5, 5.41) is 41.1. The van der Waals surface area contributed by atoms with Gasteiger partial charge in [0.25, 0.3) is 0 Å². The molecule has 0 saturated heterocycles. The summed E-state index contributed by atoms with van der Waals surface area (Å²) >= 11 is 0. The van der Waals surface area contributed by atoms with E-state index in [0.717, 1.165) is 11.1 Å². The highest BCUT2D eigenvalue weighted by Crippen LogP contribution is 2.32. The van der Waals surface area contributed by atoms with Crippen molar-refractivity contribution in [1.82, 2.24) is 4.98 Å². The molecule has 0 amide bonds. The Morgan fingerprint density at radius 2 is 1.27 bits per heavy atom. The number of rotatable bonds is 7. The number of aromatic nitrogens is 1. The highest BCUT2D eigenvalue weighted by atomic mass is 16.4. The molecule has 4 N–H and O–H groups in total. The molecule has 0 atom stereocenters. The van der Waals surface area contributed by atoms with Crippen LogP contribution < -0.4 is 21.3 Å². The van der Waals surface area contributed by atoms with Crippen LogP contribution in [0, 0.1) is 0 Å². The fourth-order valence-corrected chi connectivity index (χ4v) is 5.12. The van der Waals surface area contributed by atoms with Crippen LogP contribution in [-0.4, -0.2) is 39.3 Å². The van der Waals surface area contributed by atoms with Crippen molar-refractivity contribution in [2.45, 2.75) is 13.1 Å². The van der Waals surface area contributed by atoms with E-state index in [1.807, 2.05) is 65.6 Å². The zero-order valence-electron chi connectivity index (χ0n) is 21.3. The van der Waals surface area contributed by atoms with E-state index in [1.54, 1.807) is 30.3 Å². The van der Waals surface area contributed by atoms with Crippen LogP contribution in [0.4, 0.5) is 5.69 Å². The minimum absolute atomic E-state index is 0.149. The van der Waals surface area contributed by atoms with Crippen molar-refractivity contribution in [2.24, 2.45) is 0 Å². The Morgan fingerprint density at radius 1 is 0.700 bits per heavy atom. The smallest absolute Gasteiger partial charge is 0.453 e. The predicted octanol–water partition coefficient (Wildman–Crippen LogP) is 2.01. The molecular weight excluding hydrogens is 506 g/mol. The molecule has 0 bridgehead atoms. The molecule has 0 aromatic heterocycles. The molecule has 0 fully saturated rings. The molecule has 40 heavy (non-hydrogen) atoms. The third-order valence-electron chi connectivity index (χ3n) is 7.09. The molecule has 2 aliphatic rings. The second-order valence-corrected chi connectivity index (χ2v) is 9.63. The van der Waals surface area contributed by atoms with Crippen LogP contribution in [0.25, 0.3) is 33.3 Å². The van der Waals surface area contributed by atoms with Crippen LogP contribution >= 0.6 is 0 Å². The Morgan fingerprint density at radius 3 is 1.90 bits per heavy atom. The van der Waals surface area contributed by atoms with E-state index in [2.05, 4.69) is 0 Å². The van der Waals surface area contributed by atoms with Crippen LogP contribution in [0.3, 0.4) is 0 Å². The Bertz CT molecular complexity index is 1820. The number of hydrogen-bond acceptors (Lipinski definition) is 8. The van der Waals surface area contributed by atoms with E-state index in [0.29, 0.717) is 50.0 Å². The summed E-state index contributed by atoms with van der Waals surface area (Å²) in [5.74, 6) is 0.377. The Balaban J connectivity index is 1.48. The lowest BCUT2D eigenvalue weighted by Crippen LogP contribution is -2.38. The summed E-state index contributed by atoms with van der Waals surface area (Å²) in [7, 11) is -3.30.